The predicted molar refractivity (Wildman–Crippen MR) is 50.2 cm³/mol. The molecule has 1 aromatic heterocycles. The van der Waals surface area contributed by atoms with Gasteiger partial charge in [-0.1, -0.05) is 0 Å². The monoisotopic (exact) mass is 179 g/mol. The van der Waals surface area contributed by atoms with Crippen molar-refractivity contribution < 1.29 is 0 Å². The van der Waals surface area contributed by atoms with Crippen LogP contribution in [0.1, 0.15) is 0 Å². The molecule has 1 aromatic rings. The van der Waals surface area contributed by atoms with Crippen molar-refractivity contribution in [2.75, 3.05) is 18.0 Å². The Balaban J connectivity index is 2.12. The number of rotatable bonds is 1. The van der Waals surface area contributed by atoms with E-state index in [1.807, 2.05) is 6.07 Å². The maximum Gasteiger partial charge on any atom is 0.132 e. The molecule has 1 aliphatic rings. The standard InChI is InChI=1S/C8H13N5/c9-6-3-13(4-7(6)10)8-1-2-11-5-12-8/h1-2,5-7H,3-4,9-10H2/t6-,7+. The molecule has 70 valence electrons. The molecule has 1 aliphatic heterocycles. The van der Waals surface area contributed by atoms with Crippen LogP contribution < -0.4 is 16.4 Å². The normalized spacial score (nSPS) is 28.0. The van der Waals surface area contributed by atoms with E-state index in [2.05, 4.69) is 14.9 Å². The van der Waals surface area contributed by atoms with Gasteiger partial charge in [-0.15, -0.1) is 0 Å². The van der Waals surface area contributed by atoms with Crippen LogP contribution >= 0.6 is 0 Å². The van der Waals surface area contributed by atoms with Gasteiger partial charge < -0.3 is 16.4 Å². The minimum absolute atomic E-state index is 0.0509. The molecule has 0 aromatic carbocycles. The molecule has 0 amide bonds. The van der Waals surface area contributed by atoms with Gasteiger partial charge in [-0.3, -0.25) is 0 Å². The van der Waals surface area contributed by atoms with Crippen LogP contribution in [0, 0.1) is 0 Å². The zero-order chi connectivity index (χ0) is 9.26. The molecule has 2 heterocycles. The van der Waals surface area contributed by atoms with Gasteiger partial charge in [0.05, 0.1) is 0 Å². The molecule has 0 radical (unpaired) electrons. The summed E-state index contributed by atoms with van der Waals surface area (Å²) in [5.41, 5.74) is 11.6. The van der Waals surface area contributed by atoms with Gasteiger partial charge in [-0.2, -0.15) is 0 Å². The second-order valence-electron chi connectivity index (χ2n) is 3.30. The van der Waals surface area contributed by atoms with E-state index < -0.39 is 0 Å². The summed E-state index contributed by atoms with van der Waals surface area (Å²) in [5, 5.41) is 0. The molecule has 2 rings (SSSR count). The molecule has 0 unspecified atom stereocenters. The summed E-state index contributed by atoms with van der Waals surface area (Å²) >= 11 is 0. The van der Waals surface area contributed by atoms with Crippen molar-refractivity contribution in [1.82, 2.24) is 9.97 Å². The highest BCUT2D eigenvalue weighted by Gasteiger charge is 2.27. The lowest BCUT2D eigenvalue weighted by Crippen LogP contribution is -2.39. The Hall–Kier alpha value is -1.20. The fourth-order valence-electron chi connectivity index (χ4n) is 1.51. The third kappa shape index (κ3) is 1.61. The van der Waals surface area contributed by atoms with Crippen LogP contribution in [0.3, 0.4) is 0 Å². The van der Waals surface area contributed by atoms with Crippen LogP contribution in [0.25, 0.3) is 0 Å². The first kappa shape index (κ1) is 8.40. The van der Waals surface area contributed by atoms with Crippen LogP contribution in [-0.4, -0.2) is 35.1 Å². The first-order valence-corrected chi connectivity index (χ1v) is 4.29. The molecule has 0 bridgehead atoms. The molecule has 2 atom stereocenters. The average molecular weight is 179 g/mol. The van der Waals surface area contributed by atoms with Gasteiger partial charge in [-0.25, -0.2) is 9.97 Å². The van der Waals surface area contributed by atoms with E-state index in [0.29, 0.717) is 0 Å². The fourth-order valence-corrected chi connectivity index (χ4v) is 1.51. The molecule has 0 saturated carbocycles. The van der Waals surface area contributed by atoms with Crippen LogP contribution in [0.5, 0.6) is 0 Å². The van der Waals surface area contributed by atoms with E-state index in [1.54, 1.807) is 6.20 Å². The summed E-state index contributed by atoms with van der Waals surface area (Å²) in [7, 11) is 0. The van der Waals surface area contributed by atoms with Crippen molar-refractivity contribution in [2.24, 2.45) is 11.5 Å². The highest BCUT2D eigenvalue weighted by Crippen LogP contribution is 2.14. The molecule has 1 saturated heterocycles. The van der Waals surface area contributed by atoms with Crippen LogP contribution in [0.4, 0.5) is 5.82 Å². The quantitative estimate of drug-likeness (QED) is 0.575. The predicted octanol–water partition coefficient (Wildman–Crippen LogP) is -1.05. The number of anilines is 1. The molecule has 5 heteroatoms. The van der Waals surface area contributed by atoms with Crippen molar-refractivity contribution in [3.8, 4) is 0 Å². The van der Waals surface area contributed by atoms with Gasteiger partial charge >= 0.3 is 0 Å². The molecule has 13 heavy (non-hydrogen) atoms. The molecular formula is C8H13N5. The van der Waals surface area contributed by atoms with Gasteiger partial charge in [0.1, 0.15) is 12.1 Å². The summed E-state index contributed by atoms with van der Waals surface area (Å²) in [6, 6.07) is 1.97. The highest BCUT2D eigenvalue weighted by atomic mass is 15.2. The lowest BCUT2D eigenvalue weighted by Gasteiger charge is -2.15. The van der Waals surface area contributed by atoms with E-state index in [-0.39, 0.29) is 12.1 Å². The van der Waals surface area contributed by atoms with Crippen molar-refractivity contribution in [3.63, 3.8) is 0 Å². The first-order valence-electron chi connectivity index (χ1n) is 4.29. The summed E-state index contributed by atoms with van der Waals surface area (Å²) in [6.45, 7) is 1.55. The lowest BCUT2D eigenvalue weighted by atomic mass is 10.2. The van der Waals surface area contributed by atoms with Gasteiger partial charge in [0.15, 0.2) is 0 Å². The Kier molecular flexibility index (Phi) is 2.12. The Morgan fingerprint density at radius 3 is 2.54 bits per heavy atom. The summed E-state index contributed by atoms with van der Waals surface area (Å²) in [6.07, 6.45) is 3.25. The van der Waals surface area contributed by atoms with E-state index in [9.17, 15) is 0 Å². The van der Waals surface area contributed by atoms with E-state index >= 15 is 0 Å². The molecular weight excluding hydrogens is 166 g/mol. The SMILES string of the molecule is N[C@@H]1CN(c2ccncn2)C[C@@H]1N. The number of hydrogen-bond acceptors (Lipinski definition) is 5. The van der Waals surface area contributed by atoms with Gasteiger partial charge in [0.25, 0.3) is 0 Å². The van der Waals surface area contributed by atoms with Crippen LogP contribution in [0.2, 0.25) is 0 Å². The third-order valence-electron chi connectivity index (χ3n) is 2.30. The number of hydrogen-bond donors (Lipinski definition) is 2. The number of nitrogens with zero attached hydrogens (tertiary/aromatic N) is 3. The van der Waals surface area contributed by atoms with E-state index in [1.165, 1.54) is 6.33 Å². The van der Waals surface area contributed by atoms with Crippen molar-refractivity contribution in [2.45, 2.75) is 12.1 Å². The van der Waals surface area contributed by atoms with Gasteiger partial charge in [0.2, 0.25) is 0 Å². The maximum atomic E-state index is 5.80. The van der Waals surface area contributed by atoms with Crippen molar-refractivity contribution >= 4 is 5.82 Å². The maximum absolute atomic E-state index is 5.80. The van der Waals surface area contributed by atoms with Gasteiger partial charge in [-0.05, 0) is 6.07 Å². The fraction of sp³-hybridized carbons (Fsp3) is 0.500. The molecule has 1 fully saturated rings. The van der Waals surface area contributed by atoms with Crippen LogP contribution in [0.15, 0.2) is 18.6 Å². The average Bonchev–Trinajstić information content (AvgIpc) is 2.49. The molecule has 0 aliphatic carbocycles. The Labute approximate surface area is 76.8 Å². The summed E-state index contributed by atoms with van der Waals surface area (Å²) < 4.78 is 0. The second kappa shape index (κ2) is 3.27. The Morgan fingerprint density at radius 1 is 1.31 bits per heavy atom. The van der Waals surface area contributed by atoms with Gasteiger partial charge in [0, 0.05) is 31.4 Å². The highest BCUT2D eigenvalue weighted by molar-refractivity contribution is 5.39. The molecule has 5 nitrogen and oxygen atoms in total. The zero-order valence-electron chi connectivity index (χ0n) is 7.30. The van der Waals surface area contributed by atoms with Crippen molar-refractivity contribution in [1.29, 1.82) is 0 Å². The van der Waals surface area contributed by atoms with E-state index in [4.69, 9.17) is 11.5 Å². The lowest BCUT2D eigenvalue weighted by molar-refractivity contribution is 0.642. The second-order valence-corrected chi connectivity index (χ2v) is 3.30. The summed E-state index contributed by atoms with van der Waals surface area (Å²) in [4.78, 5) is 10.1. The molecule has 4 N–H and O–H groups in total. The van der Waals surface area contributed by atoms with Crippen LogP contribution in [-0.2, 0) is 0 Å². The Bertz CT molecular complexity index is 265. The zero-order valence-corrected chi connectivity index (χ0v) is 7.30. The first-order chi connectivity index (χ1) is 6.27. The Morgan fingerprint density at radius 2 is 2.00 bits per heavy atom. The largest absolute Gasteiger partial charge is 0.353 e. The summed E-state index contributed by atoms with van der Waals surface area (Å²) in [5.74, 6) is 0.901. The molecule has 0 spiro atoms. The topological polar surface area (TPSA) is 81.1 Å². The number of aromatic nitrogens is 2. The van der Waals surface area contributed by atoms with Crippen molar-refractivity contribution in [3.05, 3.63) is 18.6 Å². The third-order valence-corrected chi connectivity index (χ3v) is 2.30. The minimum Gasteiger partial charge on any atom is -0.353 e. The minimum atomic E-state index is 0.0509. The van der Waals surface area contributed by atoms with E-state index in [0.717, 1.165) is 18.9 Å². The smallest absolute Gasteiger partial charge is 0.132 e. The number of nitrogens with two attached hydrogens (primary N) is 2.